The van der Waals surface area contributed by atoms with Crippen molar-refractivity contribution in [1.29, 1.82) is 0 Å². The summed E-state index contributed by atoms with van der Waals surface area (Å²) >= 11 is 3.35. The highest BCUT2D eigenvalue weighted by Gasteiger charge is 2.30. The Morgan fingerprint density at radius 1 is 1.25 bits per heavy atom. The summed E-state index contributed by atoms with van der Waals surface area (Å²) in [5.74, 6) is -0.912. The van der Waals surface area contributed by atoms with Crippen LogP contribution in [0.5, 0.6) is 11.5 Å². The van der Waals surface area contributed by atoms with Crippen LogP contribution < -0.4 is 14.5 Å². The van der Waals surface area contributed by atoms with Crippen LogP contribution in [0.15, 0.2) is 52.0 Å². The number of Topliss-reactive ketones (excluding diaryl/α,β-unsaturated/α-hetero) is 1. The van der Waals surface area contributed by atoms with E-state index in [2.05, 4.69) is 21.0 Å². The van der Waals surface area contributed by atoms with Crippen LogP contribution in [0.4, 0.5) is 5.69 Å². The molecule has 1 aliphatic heterocycles. The maximum Gasteiger partial charge on any atom is 0.344 e. The molecule has 0 saturated carbocycles. The number of halogens is 1. The van der Waals surface area contributed by atoms with E-state index in [1.165, 1.54) is 6.92 Å². The number of carbonyl (C=O) groups is 2. The number of carboxylic acids is 1. The van der Waals surface area contributed by atoms with E-state index >= 15 is 0 Å². The summed E-state index contributed by atoms with van der Waals surface area (Å²) in [7, 11) is 1.58. The molecule has 0 bridgehead atoms. The summed E-state index contributed by atoms with van der Waals surface area (Å²) in [5.41, 5.74) is 1.07. The third kappa shape index (κ3) is 4.17. The summed E-state index contributed by atoms with van der Waals surface area (Å²) in [4.78, 5) is 24.2. The van der Waals surface area contributed by atoms with E-state index in [0.717, 1.165) is 5.69 Å². The molecule has 0 spiro atoms. The highest BCUT2D eigenvalue weighted by Crippen LogP contribution is 2.32. The number of hydrogen-bond acceptors (Lipinski definition) is 6. The van der Waals surface area contributed by atoms with Crippen molar-refractivity contribution < 1.29 is 24.2 Å². The van der Waals surface area contributed by atoms with Crippen LogP contribution >= 0.6 is 15.9 Å². The normalized spacial score (nSPS) is 16.7. The number of aliphatic carboxylic acids is 1. The van der Waals surface area contributed by atoms with Crippen molar-refractivity contribution >= 4 is 39.6 Å². The predicted octanol–water partition coefficient (Wildman–Crippen LogP) is 3.61. The summed E-state index contributed by atoms with van der Waals surface area (Å²) < 4.78 is 11.5. The molecular formula is C20H19BrN2O5. The highest BCUT2D eigenvalue weighted by atomic mass is 79.9. The second-order valence-corrected chi connectivity index (χ2v) is 7.14. The molecular weight excluding hydrogens is 428 g/mol. The van der Waals surface area contributed by atoms with Gasteiger partial charge in [-0.3, -0.25) is 9.80 Å². The standard InChI is InChI=1S/C20H19BrN2O5/c1-12(20(25)26)28-17-8-7-14(21)9-15(17)19(24)13-10-22-23(11-13)16-5-3-4-6-18(16)27-2/h3-10,12-13H,11H2,1-2H3,(H,25,26). The second-order valence-electron chi connectivity index (χ2n) is 6.23. The molecule has 28 heavy (non-hydrogen) atoms. The van der Waals surface area contributed by atoms with Crippen LogP contribution in [0.3, 0.4) is 0 Å². The molecule has 7 nitrogen and oxygen atoms in total. The summed E-state index contributed by atoms with van der Waals surface area (Å²) in [6.07, 6.45) is 0.509. The first-order chi connectivity index (χ1) is 13.4. The van der Waals surface area contributed by atoms with Gasteiger partial charge in [-0.2, -0.15) is 5.10 Å². The highest BCUT2D eigenvalue weighted by molar-refractivity contribution is 9.10. The Bertz CT molecular complexity index is 931. The minimum atomic E-state index is -1.11. The molecule has 0 aliphatic carbocycles. The van der Waals surface area contributed by atoms with Crippen LogP contribution in [0.25, 0.3) is 0 Å². The van der Waals surface area contributed by atoms with Crippen molar-refractivity contribution in [2.24, 2.45) is 11.0 Å². The minimum Gasteiger partial charge on any atom is -0.495 e. The number of carbonyl (C=O) groups excluding carboxylic acids is 1. The number of hydrazone groups is 1. The summed E-state index contributed by atoms with van der Waals surface area (Å²) in [6.45, 7) is 1.76. The molecule has 8 heteroatoms. The number of anilines is 1. The van der Waals surface area contributed by atoms with Crippen molar-refractivity contribution in [3.63, 3.8) is 0 Å². The lowest BCUT2D eigenvalue weighted by molar-refractivity contribution is -0.144. The van der Waals surface area contributed by atoms with Crippen LogP contribution in [-0.4, -0.2) is 42.8 Å². The average Bonchev–Trinajstić information content (AvgIpc) is 3.18. The Labute approximate surface area is 170 Å². The van der Waals surface area contributed by atoms with Crippen LogP contribution in [0.1, 0.15) is 17.3 Å². The Hall–Kier alpha value is -2.87. The van der Waals surface area contributed by atoms with Gasteiger partial charge in [-0.1, -0.05) is 28.1 Å². The van der Waals surface area contributed by atoms with Gasteiger partial charge in [0.1, 0.15) is 17.2 Å². The Kier molecular flexibility index (Phi) is 5.99. The predicted molar refractivity (Wildman–Crippen MR) is 109 cm³/mol. The van der Waals surface area contributed by atoms with Gasteiger partial charge in [0.05, 0.1) is 25.1 Å². The van der Waals surface area contributed by atoms with E-state index in [0.29, 0.717) is 22.3 Å². The molecule has 0 radical (unpaired) electrons. The van der Waals surface area contributed by atoms with Crippen molar-refractivity contribution in [2.75, 3.05) is 18.7 Å². The van der Waals surface area contributed by atoms with E-state index < -0.39 is 18.0 Å². The lowest BCUT2D eigenvalue weighted by atomic mass is 9.98. The third-order valence-corrected chi connectivity index (χ3v) is 4.81. The first-order valence-electron chi connectivity index (χ1n) is 8.58. The van der Waals surface area contributed by atoms with Gasteiger partial charge >= 0.3 is 5.97 Å². The SMILES string of the molecule is COc1ccccc1N1CC(C(=O)c2cc(Br)ccc2OC(C)C(=O)O)C=N1. The fourth-order valence-corrected chi connectivity index (χ4v) is 3.19. The van der Waals surface area contributed by atoms with Crippen molar-refractivity contribution in [1.82, 2.24) is 0 Å². The van der Waals surface area contributed by atoms with Gasteiger partial charge in [0.2, 0.25) is 0 Å². The van der Waals surface area contributed by atoms with E-state index in [9.17, 15) is 9.59 Å². The fourth-order valence-electron chi connectivity index (χ4n) is 2.83. The third-order valence-electron chi connectivity index (χ3n) is 4.31. The van der Waals surface area contributed by atoms with Crippen LogP contribution in [-0.2, 0) is 4.79 Å². The van der Waals surface area contributed by atoms with Gasteiger partial charge < -0.3 is 14.6 Å². The lowest BCUT2D eigenvalue weighted by Gasteiger charge is -2.19. The monoisotopic (exact) mass is 446 g/mol. The number of para-hydroxylation sites is 2. The smallest absolute Gasteiger partial charge is 0.344 e. The Morgan fingerprint density at radius 2 is 2.00 bits per heavy atom. The quantitative estimate of drug-likeness (QED) is 0.653. The number of rotatable bonds is 7. The van der Waals surface area contributed by atoms with Gasteiger partial charge in [0.25, 0.3) is 0 Å². The second kappa shape index (κ2) is 8.43. The zero-order chi connectivity index (χ0) is 20.3. The van der Waals surface area contributed by atoms with E-state index in [4.69, 9.17) is 14.6 Å². The molecule has 0 amide bonds. The van der Waals surface area contributed by atoms with Gasteiger partial charge in [0, 0.05) is 10.7 Å². The zero-order valence-corrected chi connectivity index (χ0v) is 16.9. The summed E-state index contributed by atoms with van der Waals surface area (Å²) in [5, 5.41) is 15.1. The number of benzene rings is 2. The van der Waals surface area contributed by atoms with Crippen molar-refractivity contribution in [2.45, 2.75) is 13.0 Å². The molecule has 1 heterocycles. The number of ketones is 1. The van der Waals surface area contributed by atoms with E-state index in [-0.39, 0.29) is 11.5 Å². The number of hydrogen-bond donors (Lipinski definition) is 1. The number of carboxylic acid groups (broad SMARTS) is 1. The molecule has 0 aromatic heterocycles. The van der Waals surface area contributed by atoms with Gasteiger partial charge in [-0.25, -0.2) is 4.79 Å². The van der Waals surface area contributed by atoms with E-state index in [1.54, 1.807) is 36.5 Å². The van der Waals surface area contributed by atoms with Crippen molar-refractivity contribution in [3.8, 4) is 11.5 Å². The average molecular weight is 447 g/mol. The molecule has 146 valence electrons. The van der Waals surface area contributed by atoms with Crippen molar-refractivity contribution in [3.05, 3.63) is 52.5 Å². The number of ether oxygens (including phenoxy) is 2. The number of methoxy groups -OCH3 is 1. The first-order valence-corrected chi connectivity index (χ1v) is 9.38. The summed E-state index contributed by atoms with van der Waals surface area (Å²) in [6, 6.07) is 12.3. The maximum atomic E-state index is 13.1. The van der Waals surface area contributed by atoms with Crippen LogP contribution in [0, 0.1) is 5.92 Å². The Morgan fingerprint density at radius 3 is 2.71 bits per heavy atom. The Balaban J connectivity index is 1.83. The van der Waals surface area contributed by atoms with E-state index in [1.807, 2.05) is 24.3 Å². The largest absolute Gasteiger partial charge is 0.495 e. The van der Waals surface area contributed by atoms with Gasteiger partial charge in [-0.05, 0) is 37.3 Å². The minimum absolute atomic E-state index is 0.199. The molecule has 0 fully saturated rings. The molecule has 2 atom stereocenters. The maximum absolute atomic E-state index is 13.1. The number of nitrogens with zero attached hydrogens (tertiary/aromatic N) is 2. The fraction of sp³-hybridized carbons (Fsp3) is 0.250. The first kappa shape index (κ1) is 19.9. The molecule has 2 aromatic rings. The molecule has 0 saturated heterocycles. The molecule has 2 unspecified atom stereocenters. The van der Waals surface area contributed by atoms with Gasteiger partial charge in [0.15, 0.2) is 11.9 Å². The molecule has 2 aromatic carbocycles. The topological polar surface area (TPSA) is 88.4 Å². The zero-order valence-electron chi connectivity index (χ0n) is 15.3. The van der Waals surface area contributed by atoms with Crippen LogP contribution in [0.2, 0.25) is 0 Å². The molecule has 1 N–H and O–H groups in total. The van der Waals surface area contributed by atoms with Gasteiger partial charge in [-0.15, -0.1) is 0 Å². The molecule has 3 rings (SSSR count). The lowest BCUT2D eigenvalue weighted by Crippen LogP contribution is -2.27. The molecule has 1 aliphatic rings.